The molecule has 0 saturated carbocycles. The van der Waals surface area contributed by atoms with E-state index in [1.54, 1.807) is 0 Å². The van der Waals surface area contributed by atoms with Crippen LogP contribution in [0.15, 0.2) is 24.3 Å². The molecule has 1 aliphatic heterocycles. The molecule has 2 nitrogen and oxygen atoms in total. The van der Waals surface area contributed by atoms with Gasteiger partial charge in [0.25, 0.3) is 0 Å². The summed E-state index contributed by atoms with van der Waals surface area (Å²) in [4.78, 5) is 0. The molecule has 1 aromatic carbocycles. The molecule has 0 amide bonds. The van der Waals surface area contributed by atoms with Gasteiger partial charge < -0.3 is 10.6 Å². The SMILES string of the molecule is CCC(C)(C)CNCC1Cc2ccccc2N1. The number of benzene rings is 1. The first-order valence-electron chi connectivity index (χ1n) is 6.66. The third kappa shape index (κ3) is 3.22. The molecule has 0 spiro atoms. The van der Waals surface area contributed by atoms with Gasteiger partial charge in [0.2, 0.25) is 0 Å². The van der Waals surface area contributed by atoms with Crippen molar-refractivity contribution in [2.45, 2.75) is 39.7 Å². The largest absolute Gasteiger partial charge is 0.380 e. The lowest BCUT2D eigenvalue weighted by molar-refractivity contribution is 0.326. The van der Waals surface area contributed by atoms with Crippen molar-refractivity contribution in [2.24, 2.45) is 5.41 Å². The molecule has 17 heavy (non-hydrogen) atoms. The van der Waals surface area contributed by atoms with E-state index in [0.29, 0.717) is 11.5 Å². The number of anilines is 1. The summed E-state index contributed by atoms with van der Waals surface area (Å²) in [5.74, 6) is 0. The minimum absolute atomic E-state index is 0.408. The maximum Gasteiger partial charge on any atom is 0.0427 e. The first kappa shape index (κ1) is 12.4. The smallest absolute Gasteiger partial charge is 0.0427 e. The van der Waals surface area contributed by atoms with Crippen molar-refractivity contribution in [1.29, 1.82) is 0 Å². The number of hydrogen-bond donors (Lipinski definition) is 2. The van der Waals surface area contributed by atoms with Crippen LogP contribution in [0.1, 0.15) is 32.8 Å². The Morgan fingerprint density at radius 3 is 2.82 bits per heavy atom. The van der Waals surface area contributed by atoms with Crippen LogP contribution >= 0.6 is 0 Å². The number of nitrogens with one attached hydrogen (secondary N) is 2. The predicted octanol–water partition coefficient (Wildman–Crippen LogP) is 3.05. The summed E-state index contributed by atoms with van der Waals surface area (Å²) in [5.41, 5.74) is 3.17. The van der Waals surface area contributed by atoms with Gasteiger partial charge in [0.1, 0.15) is 0 Å². The van der Waals surface area contributed by atoms with E-state index in [0.717, 1.165) is 19.5 Å². The van der Waals surface area contributed by atoms with Gasteiger partial charge in [-0.15, -0.1) is 0 Å². The van der Waals surface area contributed by atoms with Crippen molar-refractivity contribution in [2.75, 3.05) is 18.4 Å². The predicted molar refractivity (Wildman–Crippen MR) is 74.5 cm³/mol. The molecule has 0 saturated heterocycles. The molecule has 0 fully saturated rings. The van der Waals surface area contributed by atoms with E-state index >= 15 is 0 Å². The second-order valence-corrected chi connectivity index (χ2v) is 5.85. The molecule has 0 aromatic heterocycles. The molecular formula is C15H24N2. The van der Waals surface area contributed by atoms with Crippen LogP contribution in [0.4, 0.5) is 5.69 Å². The van der Waals surface area contributed by atoms with Gasteiger partial charge in [-0.05, 0) is 29.9 Å². The molecule has 2 rings (SSSR count). The summed E-state index contributed by atoms with van der Waals surface area (Å²) in [6, 6.07) is 9.17. The maximum atomic E-state index is 3.59. The van der Waals surface area contributed by atoms with E-state index in [-0.39, 0.29) is 0 Å². The second-order valence-electron chi connectivity index (χ2n) is 5.85. The normalized spacial score (nSPS) is 18.9. The molecule has 1 unspecified atom stereocenters. The van der Waals surface area contributed by atoms with Crippen molar-refractivity contribution < 1.29 is 0 Å². The van der Waals surface area contributed by atoms with E-state index in [1.807, 2.05) is 0 Å². The zero-order valence-electron chi connectivity index (χ0n) is 11.2. The molecule has 0 bridgehead atoms. The topological polar surface area (TPSA) is 24.1 Å². The van der Waals surface area contributed by atoms with E-state index in [2.05, 4.69) is 55.7 Å². The molecular weight excluding hydrogens is 208 g/mol. The Kier molecular flexibility index (Phi) is 3.72. The lowest BCUT2D eigenvalue weighted by Gasteiger charge is -2.24. The summed E-state index contributed by atoms with van der Waals surface area (Å²) in [6.07, 6.45) is 2.37. The summed E-state index contributed by atoms with van der Waals surface area (Å²) >= 11 is 0. The minimum atomic E-state index is 0.408. The fraction of sp³-hybridized carbons (Fsp3) is 0.600. The summed E-state index contributed by atoms with van der Waals surface area (Å²) in [6.45, 7) is 9.04. The molecule has 0 radical (unpaired) electrons. The Hall–Kier alpha value is -1.02. The van der Waals surface area contributed by atoms with Crippen molar-refractivity contribution in [3.8, 4) is 0 Å². The standard InChI is InChI=1S/C15H24N2/c1-4-15(2,3)11-16-10-13-9-12-7-5-6-8-14(12)17-13/h5-8,13,16-17H,4,9-11H2,1-3H3. The Morgan fingerprint density at radius 2 is 2.12 bits per heavy atom. The van der Waals surface area contributed by atoms with Gasteiger partial charge in [0, 0.05) is 24.8 Å². The summed E-state index contributed by atoms with van der Waals surface area (Å²) < 4.78 is 0. The van der Waals surface area contributed by atoms with Crippen LogP contribution in [0.25, 0.3) is 0 Å². The maximum absolute atomic E-state index is 3.59. The van der Waals surface area contributed by atoms with Crippen LogP contribution in [0, 0.1) is 5.41 Å². The van der Waals surface area contributed by atoms with Crippen LogP contribution in [-0.2, 0) is 6.42 Å². The average molecular weight is 232 g/mol. The Labute approximate surface area is 105 Å². The molecule has 1 aliphatic rings. The lowest BCUT2D eigenvalue weighted by atomic mass is 9.90. The number of fused-ring (bicyclic) bond motifs is 1. The fourth-order valence-corrected chi connectivity index (χ4v) is 2.21. The van der Waals surface area contributed by atoms with E-state index in [1.165, 1.54) is 17.7 Å². The molecule has 94 valence electrons. The highest BCUT2D eigenvalue weighted by Gasteiger charge is 2.20. The highest BCUT2D eigenvalue weighted by molar-refractivity contribution is 5.56. The van der Waals surface area contributed by atoms with E-state index < -0.39 is 0 Å². The van der Waals surface area contributed by atoms with E-state index in [4.69, 9.17) is 0 Å². The zero-order chi connectivity index (χ0) is 12.3. The first-order chi connectivity index (χ1) is 8.11. The fourth-order valence-electron chi connectivity index (χ4n) is 2.21. The number of hydrogen-bond acceptors (Lipinski definition) is 2. The molecule has 1 heterocycles. The van der Waals surface area contributed by atoms with Gasteiger partial charge in [0.05, 0.1) is 0 Å². The van der Waals surface area contributed by atoms with Crippen LogP contribution < -0.4 is 10.6 Å². The van der Waals surface area contributed by atoms with Crippen LogP contribution in [-0.4, -0.2) is 19.1 Å². The summed E-state index contributed by atoms with van der Waals surface area (Å²) in [7, 11) is 0. The highest BCUT2D eigenvalue weighted by atomic mass is 15.0. The lowest BCUT2D eigenvalue weighted by Crippen LogP contribution is -2.36. The third-order valence-electron chi connectivity index (χ3n) is 3.79. The number of rotatable bonds is 5. The second kappa shape index (κ2) is 5.09. The molecule has 1 atom stereocenters. The molecule has 2 N–H and O–H groups in total. The van der Waals surface area contributed by atoms with E-state index in [9.17, 15) is 0 Å². The van der Waals surface area contributed by atoms with Gasteiger partial charge in [0.15, 0.2) is 0 Å². The molecule has 2 heteroatoms. The van der Waals surface area contributed by atoms with Crippen LogP contribution in [0.3, 0.4) is 0 Å². The first-order valence-corrected chi connectivity index (χ1v) is 6.66. The van der Waals surface area contributed by atoms with Gasteiger partial charge in [-0.2, -0.15) is 0 Å². The molecule has 0 aliphatic carbocycles. The monoisotopic (exact) mass is 232 g/mol. The van der Waals surface area contributed by atoms with Crippen LogP contribution in [0.5, 0.6) is 0 Å². The third-order valence-corrected chi connectivity index (χ3v) is 3.79. The zero-order valence-corrected chi connectivity index (χ0v) is 11.2. The van der Waals surface area contributed by atoms with Gasteiger partial charge >= 0.3 is 0 Å². The average Bonchev–Trinajstić information content (AvgIpc) is 2.71. The number of para-hydroxylation sites is 1. The van der Waals surface area contributed by atoms with Crippen molar-refractivity contribution in [1.82, 2.24) is 5.32 Å². The Bertz CT molecular complexity index is 346. The molecule has 1 aromatic rings. The Balaban J connectivity index is 1.77. The van der Waals surface area contributed by atoms with Crippen molar-refractivity contribution >= 4 is 5.69 Å². The van der Waals surface area contributed by atoms with Crippen molar-refractivity contribution in [3.63, 3.8) is 0 Å². The Morgan fingerprint density at radius 1 is 1.35 bits per heavy atom. The van der Waals surface area contributed by atoms with Crippen molar-refractivity contribution in [3.05, 3.63) is 29.8 Å². The quantitative estimate of drug-likeness (QED) is 0.815. The van der Waals surface area contributed by atoms with Gasteiger partial charge in [-0.25, -0.2) is 0 Å². The highest BCUT2D eigenvalue weighted by Crippen LogP contribution is 2.25. The minimum Gasteiger partial charge on any atom is -0.380 e. The summed E-state index contributed by atoms with van der Waals surface area (Å²) in [5, 5.41) is 7.17. The van der Waals surface area contributed by atoms with Gasteiger partial charge in [-0.3, -0.25) is 0 Å². The van der Waals surface area contributed by atoms with Gasteiger partial charge in [-0.1, -0.05) is 39.0 Å². The van der Waals surface area contributed by atoms with Crippen LogP contribution in [0.2, 0.25) is 0 Å².